The highest BCUT2D eigenvalue weighted by Gasteiger charge is 2.20. The van der Waals surface area contributed by atoms with Crippen LogP contribution < -0.4 is 5.32 Å². The molecule has 1 aromatic rings. The molecule has 16 heavy (non-hydrogen) atoms. The topological polar surface area (TPSA) is 21.3 Å². The van der Waals surface area contributed by atoms with Crippen molar-refractivity contribution >= 4 is 0 Å². The summed E-state index contributed by atoms with van der Waals surface area (Å²) in [5, 5.41) is 3.31. The van der Waals surface area contributed by atoms with Gasteiger partial charge in [0, 0.05) is 13.2 Å². The number of nitrogens with one attached hydrogen (secondary N) is 1. The van der Waals surface area contributed by atoms with Crippen LogP contribution in [-0.4, -0.2) is 20.2 Å². The van der Waals surface area contributed by atoms with Gasteiger partial charge in [0.25, 0.3) is 0 Å². The maximum atomic E-state index is 5.59. The highest BCUT2D eigenvalue weighted by Crippen LogP contribution is 2.23. The average molecular weight is 219 g/mol. The van der Waals surface area contributed by atoms with E-state index in [1.54, 1.807) is 7.11 Å². The minimum Gasteiger partial charge on any atom is -0.375 e. The predicted octanol–water partition coefficient (Wildman–Crippen LogP) is 2.93. The first-order valence-electron chi connectivity index (χ1n) is 5.69. The quantitative estimate of drug-likeness (QED) is 0.712. The van der Waals surface area contributed by atoms with Crippen LogP contribution in [0, 0.1) is 0 Å². The Bertz CT molecular complexity index is 297. The van der Waals surface area contributed by atoms with E-state index in [4.69, 9.17) is 4.74 Å². The summed E-state index contributed by atoms with van der Waals surface area (Å²) in [6.07, 6.45) is 4.08. The van der Waals surface area contributed by atoms with Crippen molar-refractivity contribution in [3.05, 3.63) is 48.6 Å². The molecule has 0 amide bonds. The number of ether oxygens (including phenoxy) is 1. The zero-order valence-electron chi connectivity index (χ0n) is 10.1. The van der Waals surface area contributed by atoms with E-state index in [1.165, 1.54) is 5.56 Å². The smallest absolute Gasteiger partial charge is 0.0974 e. The molecule has 0 aromatic heterocycles. The fourth-order valence-electron chi connectivity index (χ4n) is 1.92. The Kier molecular flexibility index (Phi) is 5.83. The molecule has 1 rings (SSSR count). The number of rotatable bonds is 7. The van der Waals surface area contributed by atoms with E-state index in [2.05, 4.69) is 24.0 Å². The van der Waals surface area contributed by atoms with Crippen LogP contribution in [0.1, 0.15) is 24.5 Å². The number of hydrogen-bond acceptors (Lipinski definition) is 2. The Morgan fingerprint density at radius 2 is 2.06 bits per heavy atom. The van der Waals surface area contributed by atoms with Crippen molar-refractivity contribution in [3.8, 4) is 0 Å². The maximum Gasteiger partial charge on any atom is 0.0974 e. The molecular formula is C14H21NO. The van der Waals surface area contributed by atoms with Gasteiger partial charge in [-0.1, -0.05) is 36.4 Å². The lowest BCUT2D eigenvalue weighted by atomic mass is 9.98. The van der Waals surface area contributed by atoms with Crippen molar-refractivity contribution in [2.75, 3.05) is 14.2 Å². The molecule has 0 bridgehead atoms. The third kappa shape index (κ3) is 3.47. The largest absolute Gasteiger partial charge is 0.375 e. The van der Waals surface area contributed by atoms with Crippen LogP contribution in [0.25, 0.3) is 0 Å². The van der Waals surface area contributed by atoms with Crippen LogP contribution in [0.4, 0.5) is 0 Å². The average Bonchev–Trinajstić information content (AvgIpc) is 2.35. The number of allylic oxidation sites excluding steroid dienone is 1. The second kappa shape index (κ2) is 7.20. The van der Waals surface area contributed by atoms with Gasteiger partial charge in [-0.15, -0.1) is 6.58 Å². The molecule has 88 valence electrons. The highest BCUT2D eigenvalue weighted by atomic mass is 16.5. The van der Waals surface area contributed by atoms with E-state index < -0.39 is 0 Å². The first-order chi connectivity index (χ1) is 7.83. The molecular weight excluding hydrogens is 198 g/mol. The van der Waals surface area contributed by atoms with Crippen molar-refractivity contribution in [1.82, 2.24) is 5.32 Å². The summed E-state index contributed by atoms with van der Waals surface area (Å²) >= 11 is 0. The molecule has 0 aliphatic rings. The van der Waals surface area contributed by atoms with Gasteiger partial charge in [0.2, 0.25) is 0 Å². The minimum atomic E-state index is 0.103. The third-order valence-corrected chi connectivity index (χ3v) is 2.80. The molecule has 2 unspecified atom stereocenters. The summed E-state index contributed by atoms with van der Waals surface area (Å²) in [6, 6.07) is 10.6. The van der Waals surface area contributed by atoms with E-state index in [0.717, 1.165) is 12.8 Å². The molecule has 0 aliphatic heterocycles. The lowest BCUT2D eigenvalue weighted by Gasteiger charge is -2.25. The lowest BCUT2D eigenvalue weighted by Crippen LogP contribution is -2.33. The predicted molar refractivity (Wildman–Crippen MR) is 68.5 cm³/mol. The fourth-order valence-corrected chi connectivity index (χ4v) is 1.92. The normalized spacial score (nSPS) is 14.4. The Morgan fingerprint density at radius 3 is 2.56 bits per heavy atom. The molecule has 0 radical (unpaired) electrons. The Balaban J connectivity index is 2.74. The SMILES string of the molecule is C=CCCC(NC)C(OC)c1ccccc1. The van der Waals surface area contributed by atoms with Gasteiger partial charge in [-0.3, -0.25) is 0 Å². The standard InChI is InChI=1S/C14H21NO/c1-4-5-11-13(15-2)14(16-3)12-9-7-6-8-10-12/h4,6-10,13-15H,1,5,11H2,2-3H3. The van der Waals surface area contributed by atoms with Crippen molar-refractivity contribution in [2.24, 2.45) is 0 Å². The minimum absolute atomic E-state index is 0.103. The summed E-state index contributed by atoms with van der Waals surface area (Å²) in [7, 11) is 3.73. The van der Waals surface area contributed by atoms with Crippen molar-refractivity contribution in [1.29, 1.82) is 0 Å². The van der Waals surface area contributed by atoms with Gasteiger partial charge in [0.15, 0.2) is 0 Å². The van der Waals surface area contributed by atoms with E-state index in [9.17, 15) is 0 Å². The van der Waals surface area contributed by atoms with Crippen molar-refractivity contribution in [2.45, 2.75) is 25.0 Å². The molecule has 0 saturated heterocycles. The van der Waals surface area contributed by atoms with E-state index in [0.29, 0.717) is 6.04 Å². The first-order valence-corrected chi connectivity index (χ1v) is 5.69. The van der Waals surface area contributed by atoms with Crippen LogP contribution in [0.15, 0.2) is 43.0 Å². The Labute approximate surface area is 98.3 Å². The second-order valence-electron chi connectivity index (χ2n) is 3.83. The summed E-state index contributed by atoms with van der Waals surface area (Å²) in [5.74, 6) is 0. The molecule has 1 aromatic carbocycles. The van der Waals surface area contributed by atoms with Crippen LogP contribution in [0.5, 0.6) is 0 Å². The Hall–Kier alpha value is -1.12. The van der Waals surface area contributed by atoms with E-state index in [1.807, 2.05) is 31.3 Å². The van der Waals surface area contributed by atoms with Crippen LogP contribution in [0.3, 0.4) is 0 Å². The van der Waals surface area contributed by atoms with Gasteiger partial charge < -0.3 is 10.1 Å². The van der Waals surface area contributed by atoms with Crippen molar-refractivity contribution < 1.29 is 4.74 Å². The van der Waals surface area contributed by atoms with Gasteiger partial charge in [-0.25, -0.2) is 0 Å². The zero-order valence-corrected chi connectivity index (χ0v) is 10.1. The molecule has 0 spiro atoms. The fraction of sp³-hybridized carbons (Fsp3) is 0.429. The summed E-state index contributed by atoms with van der Waals surface area (Å²) in [5.41, 5.74) is 1.22. The molecule has 2 nitrogen and oxygen atoms in total. The van der Waals surface area contributed by atoms with Crippen LogP contribution in [0.2, 0.25) is 0 Å². The monoisotopic (exact) mass is 219 g/mol. The van der Waals surface area contributed by atoms with Gasteiger partial charge in [0.05, 0.1) is 6.10 Å². The molecule has 1 N–H and O–H groups in total. The number of hydrogen-bond donors (Lipinski definition) is 1. The molecule has 0 heterocycles. The number of methoxy groups -OCH3 is 1. The number of likely N-dealkylation sites (N-methyl/N-ethyl adjacent to an activating group) is 1. The summed E-state index contributed by atoms with van der Waals surface area (Å²) < 4.78 is 5.59. The third-order valence-electron chi connectivity index (χ3n) is 2.80. The van der Waals surface area contributed by atoms with Gasteiger partial charge in [-0.2, -0.15) is 0 Å². The summed E-state index contributed by atoms with van der Waals surface area (Å²) in [6.45, 7) is 3.76. The van der Waals surface area contributed by atoms with E-state index >= 15 is 0 Å². The van der Waals surface area contributed by atoms with Crippen LogP contribution >= 0.6 is 0 Å². The summed E-state index contributed by atoms with van der Waals surface area (Å²) in [4.78, 5) is 0. The van der Waals surface area contributed by atoms with Gasteiger partial charge >= 0.3 is 0 Å². The van der Waals surface area contributed by atoms with Crippen LogP contribution in [-0.2, 0) is 4.74 Å². The van der Waals surface area contributed by atoms with Crippen molar-refractivity contribution in [3.63, 3.8) is 0 Å². The van der Waals surface area contributed by atoms with Gasteiger partial charge in [0.1, 0.15) is 0 Å². The number of benzene rings is 1. The lowest BCUT2D eigenvalue weighted by molar-refractivity contribution is 0.0678. The first kappa shape index (κ1) is 12.9. The zero-order chi connectivity index (χ0) is 11.8. The highest BCUT2D eigenvalue weighted by molar-refractivity contribution is 5.19. The molecule has 0 fully saturated rings. The van der Waals surface area contributed by atoms with E-state index in [-0.39, 0.29) is 6.10 Å². The Morgan fingerprint density at radius 1 is 1.38 bits per heavy atom. The maximum absolute atomic E-state index is 5.59. The van der Waals surface area contributed by atoms with Gasteiger partial charge in [-0.05, 0) is 25.5 Å². The molecule has 0 aliphatic carbocycles. The molecule has 2 heteroatoms. The molecule has 0 saturated carbocycles. The molecule has 2 atom stereocenters. The second-order valence-corrected chi connectivity index (χ2v) is 3.83.